The molecule has 2 amide bonds. The second kappa shape index (κ2) is 5.48. The third-order valence-electron chi connectivity index (χ3n) is 3.69. The maximum absolute atomic E-state index is 13.6. The third-order valence-corrected chi connectivity index (χ3v) is 3.69. The molecule has 1 atom stereocenters. The molecule has 0 saturated heterocycles. The molecule has 2 rings (SSSR count). The van der Waals surface area contributed by atoms with E-state index in [-0.39, 0.29) is 17.3 Å². The molecule has 2 N–H and O–H groups in total. The smallest absolute Gasteiger partial charge is 0.335 e. The highest BCUT2D eigenvalue weighted by molar-refractivity contribution is 5.93. The number of hydrogen-bond donors (Lipinski definition) is 2. The van der Waals surface area contributed by atoms with Gasteiger partial charge in [0.15, 0.2) is 0 Å². The van der Waals surface area contributed by atoms with E-state index in [1.165, 1.54) is 4.90 Å². The number of halogens is 1. The Hall–Kier alpha value is -2.11. The molecule has 0 radical (unpaired) electrons. The van der Waals surface area contributed by atoms with Crippen molar-refractivity contribution < 1.29 is 19.1 Å². The van der Waals surface area contributed by atoms with Gasteiger partial charge < -0.3 is 15.3 Å². The Balaban J connectivity index is 2.10. The second-order valence-electron chi connectivity index (χ2n) is 5.12. The Morgan fingerprint density at radius 3 is 2.65 bits per heavy atom. The minimum absolute atomic E-state index is 0.0698. The highest BCUT2D eigenvalue weighted by atomic mass is 19.1. The van der Waals surface area contributed by atoms with Crippen LogP contribution in [-0.4, -0.2) is 35.1 Å². The molecule has 6 heteroatoms. The first-order chi connectivity index (χ1) is 9.40. The van der Waals surface area contributed by atoms with E-state index in [9.17, 15) is 14.0 Å². The molecule has 5 nitrogen and oxygen atoms in total. The van der Waals surface area contributed by atoms with Gasteiger partial charge in [0.1, 0.15) is 5.82 Å². The molecule has 1 unspecified atom stereocenters. The van der Waals surface area contributed by atoms with Crippen LogP contribution in [0.4, 0.5) is 14.9 Å². The molecule has 20 heavy (non-hydrogen) atoms. The standard InChI is InChI=1S/C14H17FN2O3/c1-8(9-3-4-9)17(2)14(20)16-12-7-10(13(18)19)5-6-11(12)15/h5-9H,3-4H2,1-2H3,(H,16,20)(H,18,19). The number of nitrogens with one attached hydrogen (secondary N) is 1. The quantitative estimate of drug-likeness (QED) is 0.891. The van der Waals surface area contributed by atoms with Crippen LogP contribution in [0.3, 0.4) is 0 Å². The predicted octanol–water partition coefficient (Wildman–Crippen LogP) is 2.79. The average Bonchev–Trinajstić information content (AvgIpc) is 3.23. The Morgan fingerprint density at radius 1 is 1.45 bits per heavy atom. The summed E-state index contributed by atoms with van der Waals surface area (Å²) in [4.78, 5) is 24.4. The number of rotatable bonds is 4. The Kier molecular flexibility index (Phi) is 3.92. The van der Waals surface area contributed by atoms with E-state index in [0.29, 0.717) is 5.92 Å². The molecular formula is C14H17FN2O3. The Morgan fingerprint density at radius 2 is 2.10 bits per heavy atom. The van der Waals surface area contributed by atoms with Crippen molar-refractivity contribution in [3.05, 3.63) is 29.6 Å². The van der Waals surface area contributed by atoms with Crippen molar-refractivity contribution in [1.29, 1.82) is 0 Å². The fourth-order valence-corrected chi connectivity index (χ4v) is 2.04. The molecule has 0 bridgehead atoms. The topological polar surface area (TPSA) is 69.6 Å². The first-order valence-electron chi connectivity index (χ1n) is 6.47. The molecule has 1 aromatic rings. The van der Waals surface area contributed by atoms with Crippen LogP contribution < -0.4 is 5.32 Å². The number of carboxylic acid groups (broad SMARTS) is 1. The van der Waals surface area contributed by atoms with Gasteiger partial charge in [-0.3, -0.25) is 0 Å². The monoisotopic (exact) mass is 280 g/mol. The fourth-order valence-electron chi connectivity index (χ4n) is 2.04. The number of nitrogens with zero attached hydrogens (tertiary/aromatic N) is 1. The molecule has 1 fully saturated rings. The molecule has 0 aromatic heterocycles. The highest BCUT2D eigenvalue weighted by Crippen LogP contribution is 2.34. The van der Waals surface area contributed by atoms with E-state index < -0.39 is 17.8 Å². The molecular weight excluding hydrogens is 263 g/mol. The van der Waals surface area contributed by atoms with Crippen molar-refractivity contribution >= 4 is 17.7 Å². The Labute approximate surface area is 116 Å². The minimum atomic E-state index is -1.17. The summed E-state index contributed by atoms with van der Waals surface area (Å²) in [6.45, 7) is 1.95. The van der Waals surface area contributed by atoms with Gasteiger partial charge in [-0.15, -0.1) is 0 Å². The van der Waals surface area contributed by atoms with Gasteiger partial charge in [-0.05, 0) is 43.9 Å². The summed E-state index contributed by atoms with van der Waals surface area (Å²) in [5.41, 5.74) is -0.190. The van der Waals surface area contributed by atoms with Crippen molar-refractivity contribution in [2.24, 2.45) is 5.92 Å². The van der Waals surface area contributed by atoms with Crippen molar-refractivity contribution in [3.63, 3.8) is 0 Å². The lowest BCUT2D eigenvalue weighted by molar-refractivity contribution is 0.0697. The zero-order valence-corrected chi connectivity index (χ0v) is 11.4. The molecule has 0 aliphatic heterocycles. The van der Waals surface area contributed by atoms with Crippen LogP contribution in [0.2, 0.25) is 0 Å². The average molecular weight is 280 g/mol. The lowest BCUT2D eigenvalue weighted by atomic mass is 10.2. The molecule has 1 aromatic carbocycles. The molecule has 1 aliphatic rings. The summed E-state index contributed by atoms with van der Waals surface area (Å²) in [5.74, 6) is -1.32. The number of carbonyl (C=O) groups is 2. The van der Waals surface area contributed by atoms with Gasteiger partial charge in [0.2, 0.25) is 0 Å². The first kappa shape index (κ1) is 14.3. The van der Waals surface area contributed by atoms with Crippen LogP contribution in [-0.2, 0) is 0 Å². The molecule has 108 valence electrons. The minimum Gasteiger partial charge on any atom is -0.478 e. The van der Waals surface area contributed by atoms with Gasteiger partial charge >= 0.3 is 12.0 Å². The van der Waals surface area contributed by atoms with E-state index in [2.05, 4.69) is 5.32 Å². The van der Waals surface area contributed by atoms with Crippen molar-refractivity contribution in [3.8, 4) is 0 Å². The number of urea groups is 1. The van der Waals surface area contributed by atoms with Crippen LogP contribution >= 0.6 is 0 Å². The molecule has 1 aliphatic carbocycles. The fraction of sp³-hybridized carbons (Fsp3) is 0.429. The normalized spacial score (nSPS) is 15.6. The summed E-state index contributed by atoms with van der Waals surface area (Å²) in [6.07, 6.45) is 2.20. The van der Waals surface area contributed by atoms with Gasteiger partial charge in [-0.1, -0.05) is 0 Å². The van der Waals surface area contributed by atoms with E-state index in [1.54, 1.807) is 7.05 Å². The molecule has 1 saturated carbocycles. The largest absolute Gasteiger partial charge is 0.478 e. The number of amides is 2. The molecule has 0 spiro atoms. The van der Waals surface area contributed by atoms with Crippen molar-refractivity contribution in [2.45, 2.75) is 25.8 Å². The van der Waals surface area contributed by atoms with Gasteiger partial charge in [-0.2, -0.15) is 0 Å². The van der Waals surface area contributed by atoms with Crippen LogP contribution in [0.15, 0.2) is 18.2 Å². The van der Waals surface area contributed by atoms with E-state index >= 15 is 0 Å². The third kappa shape index (κ3) is 3.07. The first-order valence-corrected chi connectivity index (χ1v) is 6.47. The lowest BCUT2D eigenvalue weighted by Gasteiger charge is -2.25. The summed E-state index contributed by atoms with van der Waals surface area (Å²) in [5, 5.41) is 11.3. The van der Waals surface area contributed by atoms with Crippen molar-refractivity contribution in [1.82, 2.24) is 4.90 Å². The van der Waals surface area contributed by atoms with Gasteiger partial charge in [0.05, 0.1) is 11.3 Å². The second-order valence-corrected chi connectivity index (χ2v) is 5.12. The zero-order chi connectivity index (χ0) is 14.9. The summed E-state index contributed by atoms with van der Waals surface area (Å²) >= 11 is 0. The number of aromatic carboxylic acids is 1. The number of carbonyl (C=O) groups excluding carboxylic acids is 1. The van der Waals surface area contributed by atoms with Crippen LogP contribution in [0.1, 0.15) is 30.1 Å². The highest BCUT2D eigenvalue weighted by Gasteiger charge is 2.32. The van der Waals surface area contributed by atoms with Gasteiger partial charge in [0.25, 0.3) is 0 Å². The van der Waals surface area contributed by atoms with Crippen LogP contribution in [0.25, 0.3) is 0 Å². The Bertz CT molecular complexity index is 543. The number of carboxylic acids is 1. The van der Waals surface area contributed by atoms with Crippen LogP contribution in [0.5, 0.6) is 0 Å². The van der Waals surface area contributed by atoms with Crippen LogP contribution in [0, 0.1) is 11.7 Å². The van der Waals surface area contributed by atoms with Gasteiger partial charge in [0, 0.05) is 13.1 Å². The summed E-state index contributed by atoms with van der Waals surface area (Å²) in [6, 6.07) is 2.95. The molecule has 0 heterocycles. The number of hydrogen-bond acceptors (Lipinski definition) is 2. The summed E-state index contributed by atoms with van der Waals surface area (Å²) in [7, 11) is 1.65. The van der Waals surface area contributed by atoms with Gasteiger partial charge in [-0.25, -0.2) is 14.0 Å². The van der Waals surface area contributed by atoms with Crippen molar-refractivity contribution in [2.75, 3.05) is 12.4 Å². The maximum atomic E-state index is 13.6. The lowest BCUT2D eigenvalue weighted by Crippen LogP contribution is -2.39. The van der Waals surface area contributed by atoms with E-state index in [1.807, 2.05) is 6.92 Å². The predicted molar refractivity (Wildman–Crippen MR) is 72.3 cm³/mol. The number of anilines is 1. The SMILES string of the molecule is CC(C1CC1)N(C)C(=O)Nc1cc(C(=O)O)ccc1F. The summed E-state index contributed by atoms with van der Waals surface area (Å²) < 4.78 is 13.6. The zero-order valence-electron chi connectivity index (χ0n) is 11.4. The maximum Gasteiger partial charge on any atom is 0.335 e. The number of benzene rings is 1. The van der Waals surface area contributed by atoms with E-state index in [0.717, 1.165) is 31.0 Å². The van der Waals surface area contributed by atoms with E-state index in [4.69, 9.17) is 5.11 Å².